The van der Waals surface area contributed by atoms with Crippen molar-refractivity contribution in [3.63, 3.8) is 0 Å². The Morgan fingerprint density at radius 2 is 1.93 bits per heavy atom. The summed E-state index contributed by atoms with van der Waals surface area (Å²) in [6.45, 7) is 0. The van der Waals surface area contributed by atoms with Crippen molar-refractivity contribution in [2.45, 2.75) is 0 Å². The zero-order valence-electron chi connectivity index (χ0n) is 14.3. The number of nitrogens with one attached hydrogen (secondary N) is 1. The SMILES string of the molecule is COc1cc(/C=N/Nc2nc(-c3cccc(Br)c3)cs2)c(Br)c(Br)c1OC. The van der Waals surface area contributed by atoms with Crippen LogP contribution in [-0.2, 0) is 0 Å². The summed E-state index contributed by atoms with van der Waals surface area (Å²) < 4.78 is 13.3. The standard InChI is InChI=1S/C18H14Br3N3O2S/c1-25-14-7-11(15(20)16(21)17(14)26-2)8-22-24-18-23-13(9-27-18)10-4-3-5-12(19)6-10/h3-9H,1-2H3,(H,23,24)/b22-8+. The average molecular weight is 576 g/mol. The van der Waals surface area contributed by atoms with E-state index in [1.165, 1.54) is 11.3 Å². The Morgan fingerprint density at radius 1 is 1.11 bits per heavy atom. The molecule has 0 bridgehead atoms. The van der Waals surface area contributed by atoms with Crippen LogP contribution in [0, 0.1) is 0 Å². The number of hydrogen-bond acceptors (Lipinski definition) is 6. The van der Waals surface area contributed by atoms with Crippen LogP contribution in [0.15, 0.2) is 54.2 Å². The fourth-order valence-electron chi connectivity index (χ4n) is 2.30. The Labute approximate surface area is 186 Å². The lowest BCUT2D eigenvalue weighted by molar-refractivity contribution is 0.353. The molecule has 0 spiro atoms. The van der Waals surface area contributed by atoms with Gasteiger partial charge in [-0.3, -0.25) is 5.43 Å². The Morgan fingerprint density at radius 3 is 2.63 bits per heavy atom. The number of nitrogens with zero attached hydrogens (tertiary/aromatic N) is 2. The molecule has 3 rings (SSSR count). The van der Waals surface area contributed by atoms with Crippen LogP contribution in [0.4, 0.5) is 5.13 Å². The minimum absolute atomic E-state index is 0.611. The third-order valence-corrected chi connectivity index (χ3v) is 6.95. The molecular weight excluding hydrogens is 562 g/mol. The number of methoxy groups -OCH3 is 2. The highest BCUT2D eigenvalue weighted by atomic mass is 79.9. The van der Waals surface area contributed by atoms with Crippen LogP contribution in [0.1, 0.15) is 5.56 Å². The highest BCUT2D eigenvalue weighted by molar-refractivity contribution is 9.13. The molecule has 1 heterocycles. The average Bonchev–Trinajstić information content (AvgIpc) is 3.14. The molecule has 0 aliphatic carbocycles. The fourth-order valence-corrected chi connectivity index (χ4v) is 4.35. The third kappa shape index (κ3) is 4.71. The highest BCUT2D eigenvalue weighted by Gasteiger charge is 2.15. The van der Waals surface area contributed by atoms with E-state index >= 15 is 0 Å². The van der Waals surface area contributed by atoms with Gasteiger partial charge in [-0.2, -0.15) is 5.10 Å². The van der Waals surface area contributed by atoms with Crippen molar-refractivity contribution in [3.05, 3.63) is 54.7 Å². The lowest BCUT2D eigenvalue weighted by atomic mass is 10.2. The zero-order valence-corrected chi connectivity index (χ0v) is 19.9. The Kier molecular flexibility index (Phi) is 6.91. The molecule has 9 heteroatoms. The van der Waals surface area contributed by atoms with Crippen molar-refractivity contribution < 1.29 is 9.47 Å². The molecule has 0 aliphatic rings. The summed E-state index contributed by atoms with van der Waals surface area (Å²) in [4.78, 5) is 4.56. The van der Waals surface area contributed by atoms with Crippen molar-refractivity contribution >= 4 is 70.5 Å². The maximum Gasteiger partial charge on any atom is 0.203 e. The normalized spacial score (nSPS) is 11.0. The van der Waals surface area contributed by atoms with E-state index in [1.807, 2.05) is 35.7 Å². The zero-order chi connectivity index (χ0) is 19.4. The van der Waals surface area contributed by atoms with Gasteiger partial charge in [-0.25, -0.2) is 4.98 Å². The van der Waals surface area contributed by atoms with Gasteiger partial charge in [0.05, 0.1) is 30.6 Å². The first-order valence-corrected chi connectivity index (χ1v) is 10.9. The Hall–Kier alpha value is -1.42. The molecule has 0 radical (unpaired) electrons. The predicted molar refractivity (Wildman–Crippen MR) is 121 cm³/mol. The van der Waals surface area contributed by atoms with Crippen LogP contribution in [-0.4, -0.2) is 25.4 Å². The molecule has 0 aliphatic heterocycles. The summed E-state index contributed by atoms with van der Waals surface area (Å²) in [6.07, 6.45) is 1.69. The van der Waals surface area contributed by atoms with Gasteiger partial charge >= 0.3 is 0 Å². The first-order valence-electron chi connectivity index (χ1n) is 7.64. The fraction of sp³-hybridized carbons (Fsp3) is 0.111. The van der Waals surface area contributed by atoms with Crippen molar-refractivity contribution in [1.82, 2.24) is 4.98 Å². The van der Waals surface area contributed by atoms with E-state index in [-0.39, 0.29) is 0 Å². The number of ether oxygens (including phenoxy) is 2. The topological polar surface area (TPSA) is 55.7 Å². The number of hydrazone groups is 1. The van der Waals surface area contributed by atoms with Gasteiger partial charge in [0.2, 0.25) is 5.13 Å². The summed E-state index contributed by atoms with van der Waals surface area (Å²) in [5, 5.41) is 6.98. The summed E-state index contributed by atoms with van der Waals surface area (Å²) in [5.41, 5.74) is 5.74. The molecule has 0 amide bonds. The predicted octanol–water partition coefficient (Wildman–Crippen LogP) is 6.56. The largest absolute Gasteiger partial charge is 0.493 e. The molecule has 0 fully saturated rings. The molecule has 0 saturated heterocycles. The molecule has 3 aromatic rings. The summed E-state index contributed by atoms with van der Waals surface area (Å²) in [6, 6.07) is 9.86. The molecule has 0 saturated carbocycles. The van der Waals surface area contributed by atoms with Crippen LogP contribution < -0.4 is 14.9 Å². The number of thiazole rings is 1. The van der Waals surface area contributed by atoms with Crippen LogP contribution in [0.25, 0.3) is 11.3 Å². The van der Waals surface area contributed by atoms with Gasteiger partial charge in [0.15, 0.2) is 11.5 Å². The van der Waals surface area contributed by atoms with Gasteiger partial charge < -0.3 is 9.47 Å². The van der Waals surface area contributed by atoms with Gasteiger partial charge in [0.25, 0.3) is 0 Å². The lowest BCUT2D eigenvalue weighted by Crippen LogP contribution is -1.97. The van der Waals surface area contributed by atoms with Gasteiger partial charge in [-0.1, -0.05) is 28.1 Å². The summed E-state index contributed by atoms with van der Waals surface area (Å²) in [7, 11) is 3.19. The van der Waals surface area contributed by atoms with E-state index < -0.39 is 0 Å². The van der Waals surface area contributed by atoms with Crippen molar-refractivity contribution in [3.8, 4) is 22.8 Å². The number of anilines is 1. The molecule has 0 atom stereocenters. The maximum atomic E-state index is 5.37. The van der Waals surface area contributed by atoms with Gasteiger partial charge in [-0.05, 0) is 50.1 Å². The van der Waals surface area contributed by atoms with E-state index in [4.69, 9.17) is 9.47 Å². The van der Waals surface area contributed by atoms with E-state index in [0.29, 0.717) is 16.6 Å². The Balaban J connectivity index is 1.78. The molecule has 27 heavy (non-hydrogen) atoms. The summed E-state index contributed by atoms with van der Waals surface area (Å²) >= 11 is 12.0. The minimum atomic E-state index is 0.611. The van der Waals surface area contributed by atoms with Gasteiger partial charge in [-0.15, -0.1) is 11.3 Å². The van der Waals surface area contributed by atoms with E-state index in [1.54, 1.807) is 20.4 Å². The number of hydrogen-bond donors (Lipinski definition) is 1. The second kappa shape index (κ2) is 9.18. The van der Waals surface area contributed by atoms with E-state index in [9.17, 15) is 0 Å². The van der Waals surface area contributed by atoms with Gasteiger partial charge in [0, 0.05) is 25.5 Å². The summed E-state index contributed by atoms with van der Waals surface area (Å²) in [5.74, 6) is 1.23. The van der Waals surface area contributed by atoms with Crippen LogP contribution in [0.5, 0.6) is 11.5 Å². The molecule has 2 aromatic carbocycles. The molecule has 5 nitrogen and oxygen atoms in total. The first kappa shape index (κ1) is 20.3. The Bertz CT molecular complexity index is 992. The van der Waals surface area contributed by atoms with Gasteiger partial charge in [0.1, 0.15) is 0 Å². The third-order valence-electron chi connectivity index (χ3n) is 3.57. The van der Waals surface area contributed by atoms with E-state index in [0.717, 1.165) is 30.2 Å². The van der Waals surface area contributed by atoms with Crippen LogP contribution in [0.3, 0.4) is 0 Å². The number of halogens is 3. The monoisotopic (exact) mass is 573 g/mol. The maximum absolute atomic E-state index is 5.37. The molecule has 140 valence electrons. The molecular formula is C18H14Br3N3O2S. The lowest BCUT2D eigenvalue weighted by Gasteiger charge is -2.12. The molecule has 1 N–H and O–H groups in total. The number of aromatic nitrogens is 1. The number of benzene rings is 2. The quantitative estimate of drug-likeness (QED) is 0.267. The van der Waals surface area contributed by atoms with Crippen molar-refractivity contribution in [2.75, 3.05) is 19.6 Å². The number of rotatable bonds is 6. The second-order valence-corrected chi connectivity index (χ2v) is 8.61. The van der Waals surface area contributed by atoms with Crippen molar-refractivity contribution in [1.29, 1.82) is 0 Å². The molecule has 0 unspecified atom stereocenters. The van der Waals surface area contributed by atoms with Crippen LogP contribution >= 0.6 is 59.1 Å². The minimum Gasteiger partial charge on any atom is -0.493 e. The smallest absolute Gasteiger partial charge is 0.203 e. The first-order chi connectivity index (χ1) is 13.0. The highest BCUT2D eigenvalue weighted by Crippen LogP contribution is 2.42. The second-order valence-electron chi connectivity index (χ2n) is 5.25. The van der Waals surface area contributed by atoms with E-state index in [2.05, 4.69) is 63.3 Å². The van der Waals surface area contributed by atoms with Crippen molar-refractivity contribution in [2.24, 2.45) is 5.10 Å². The molecule has 1 aromatic heterocycles. The van der Waals surface area contributed by atoms with Crippen LogP contribution in [0.2, 0.25) is 0 Å².